The van der Waals surface area contributed by atoms with E-state index in [1.54, 1.807) is 18.2 Å². The highest BCUT2D eigenvalue weighted by Gasteiger charge is 2.42. The Bertz CT molecular complexity index is 1520. The van der Waals surface area contributed by atoms with Crippen LogP contribution < -0.4 is 9.04 Å². The van der Waals surface area contributed by atoms with Gasteiger partial charge >= 0.3 is 12.1 Å². The number of esters is 1. The van der Waals surface area contributed by atoms with Crippen LogP contribution in [0.25, 0.3) is 0 Å². The van der Waals surface area contributed by atoms with Crippen molar-refractivity contribution in [1.82, 2.24) is 4.90 Å². The van der Waals surface area contributed by atoms with Crippen LogP contribution in [0.5, 0.6) is 5.75 Å². The third kappa shape index (κ3) is 4.86. The van der Waals surface area contributed by atoms with E-state index in [0.29, 0.717) is 17.4 Å². The molecule has 2 aromatic rings. The number of nitriles is 1. The van der Waals surface area contributed by atoms with Gasteiger partial charge in [0.25, 0.3) is 15.9 Å². The Morgan fingerprint density at radius 3 is 2.67 bits per heavy atom. The van der Waals surface area contributed by atoms with Gasteiger partial charge in [0.1, 0.15) is 18.0 Å². The second kappa shape index (κ2) is 10.1. The average Bonchev–Trinajstić information content (AvgIpc) is 3.65. The number of cyclic esters (lactones) is 1. The molecule has 0 N–H and O–H groups in total. The summed E-state index contributed by atoms with van der Waals surface area (Å²) in [5.74, 6) is 0.357. The SMILES string of the molecule is N#Cc1cccc(S(=O)(=O)N2C[C@H](CN3C(=O)COC3=O)Oc3ccc(CC(=O)O[C@H]4CC5CCC4C5)cc32)c1. The van der Waals surface area contributed by atoms with Crippen LogP contribution in [0.2, 0.25) is 0 Å². The molecule has 2 unspecified atom stereocenters. The van der Waals surface area contributed by atoms with Crippen LogP contribution in [0.1, 0.15) is 36.8 Å². The first-order valence-electron chi connectivity index (χ1n) is 13.2. The van der Waals surface area contributed by atoms with E-state index in [1.807, 2.05) is 6.07 Å². The molecule has 1 saturated heterocycles. The van der Waals surface area contributed by atoms with E-state index in [2.05, 4.69) is 0 Å². The number of ether oxygens (including phenoxy) is 3. The zero-order valence-electron chi connectivity index (χ0n) is 21.5. The number of benzene rings is 2. The molecule has 2 saturated carbocycles. The van der Waals surface area contributed by atoms with Crippen molar-refractivity contribution in [3.8, 4) is 11.8 Å². The summed E-state index contributed by atoms with van der Waals surface area (Å²) in [5.41, 5.74) is 0.936. The molecule has 3 fully saturated rings. The molecule has 0 aromatic heterocycles. The van der Waals surface area contributed by atoms with Crippen LogP contribution in [0, 0.1) is 23.2 Å². The minimum absolute atomic E-state index is 0.0312. The lowest BCUT2D eigenvalue weighted by molar-refractivity contribution is -0.150. The zero-order chi connectivity index (χ0) is 28.0. The number of amides is 2. The fraction of sp³-hybridized carbons (Fsp3) is 0.429. The molecular weight excluding hydrogens is 538 g/mol. The molecule has 40 heavy (non-hydrogen) atoms. The van der Waals surface area contributed by atoms with Crippen molar-refractivity contribution in [2.24, 2.45) is 11.8 Å². The molecule has 2 aromatic carbocycles. The summed E-state index contributed by atoms with van der Waals surface area (Å²) in [5, 5.41) is 9.30. The molecule has 208 valence electrons. The Morgan fingerprint density at radius 1 is 1.12 bits per heavy atom. The first kappa shape index (κ1) is 26.1. The summed E-state index contributed by atoms with van der Waals surface area (Å²) in [7, 11) is -4.20. The lowest BCUT2D eigenvalue weighted by Crippen LogP contribution is -2.49. The van der Waals surface area contributed by atoms with E-state index < -0.39 is 28.1 Å². The van der Waals surface area contributed by atoms with Crippen LogP contribution in [-0.2, 0) is 35.5 Å². The molecule has 11 nitrogen and oxygen atoms in total. The molecule has 12 heteroatoms. The Kier molecular flexibility index (Phi) is 6.62. The predicted octanol–water partition coefficient (Wildman–Crippen LogP) is 2.77. The largest absolute Gasteiger partial charge is 0.484 e. The first-order chi connectivity index (χ1) is 19.2. The van der Waals surface area contributed by atoms with Gasteiger partial charge in [-0.1, -0.05) is 12.1 Å². The average molecular weight is 566 g/mol. The molecule has 2 bridgehead atoms. The highest BCUT2D eigenvalue weighted by atomic mass is 32.2. The summed E-state index contributed by atoms with van der Waals surface area (Å²) in [4.78, 5) is 37.7. The van der Waals surface area contributed by atoms with Gasteiger partial charge in [-0.05, 0) is 73.4 Å². The molecule has 2 aliphatic carbocycles. The maximum Gasteiger partial charge on any atom is 0.417 e. The fourth-order valence-corrected chi connectivity index (χ4v) is 7.66. The first-order valence-corrected chi connectivity index (χ1v) is 14.6. The second-order valence-corrected chi connectivity index (χ2v) is 12.5. The number of hydrogen-bond donors (Lipinski definition) is 0. The third-order valence-corrected chi connectivity index (χ3v) is 9.81. The van der Waals surface area contributed by atoms with Crippen LogP contribution >= 0.6 is 0 Å². The lowest BCUT2D eigenvalue weighted by atomic mass is 9.98. The van der Waals surface area contributed by atoms with Crippen molar-refractivity contribution < 1.29 is 37.0 Å². The van der Waals surface area contributed by atoms with Crippen LogP contribution in [0.15, 0.2) is 47.4 Å². The standard InChI is InChI=1S/C28H27N3O8S/c29-13-19-2-1-3-22(9-19)40(35,36)31-15-21(14-30-26(32)16-37-28(30)34)38-24-7-5-18(10-23(24)31)12-27(33)39-25-11-17-4-6-20(25)8-17/h1-3,5,7,9-10,17,20-21,25H,4,6,8,11-12,14-16H2/t17?,20?,21-,25-/m0/s1. The molecular formula is C28H27N3O8S. The lowest BCUT2D eigenvalue weighted by Gasteiger charge is -2.36. The summed E-state index contributed by atoms with van der Waals surface area (Å²) < 4.78 is 45.4. The number of fused-ring (bicyclic) bond motifs is 3. The molecule has 2 aliphatic heterocycles. The number of sulfonamides is 1. The van der Waals surface area contributed by atoms with Crippen molar-refractivity contribution in [3.05, 3.63) is 53.6 Å². The number of imide groups is 1. The van der Waals surface area contributed by atoms with Gasteiger partial charge in [-0.3, -0.25) is 13.9 Å². The Hall–Kier alpha value is -4.11. The van der Waals surface area contributed by atoms with Gasteiger partial charge in [0.05, 0.1) is 41.7 Å². The predicted molar refractivity (Wildman–Crippen MR) is 139 cm³/mol. The van der Waals surface area contributed by atoms with Gasteiger partial charge in [0.15, 0.2) is 6.61 Å². The van der Waals surface area contributed by atoms with E-state index in [9.17, 15) is 28.1 Å². The highest BCUT2D eigenvalue weighted by Crippen LogP contribution is 2.46. The number of anilines is 1. The zero-order valence-corrected chi connectivity index (χ0v) is 22.3. The number of nitrogens with zero attached hydrogens (tertiary/aromatic N) is 3. The number of hydrogen-bond acceptors (Lipinski definition) is 9. The Morgan fingerprint density at radius 2 is 1.98 bits per heavy atom. The molecule has 6 rings (SSSR count). The normalized spacial score (nSPS) is 25.3. The number of rotatable bonds is 7. The minimum atomic E-state index is -4.20. The monoisotopic (exact) mass is 565 g/mol. The summed E-state index contributed by atoms with van der Waals surface area (Å²) in [6, 6.07) is 12.4. The molecule has 4 atom stereocenters. The van der Waals surface area contributed by atoms with Gasteiger partial charge in [0.2, 0.25) is 0 Å². The Labute approximate surface area is 231 Å². The van der Waals surface area contributed by atoms with Gasteiger partial charge in [-0.2, -0.15) is 5.26 Å². The van der Waals surface area contributed by atoms with Crippen molar-refractivity contribution in [2.75, 3.05) is 24.0 Å². The third-order valence-electron chi connectivity index (χ3n) is 8.04. The maximum absolute atomic E-state index is 13.9. The van der Waals surface area contributed by atoms with Crippen LogP contribution in [0.4, 0.5) is 10.5 Å². The molecule has 2 amide bonds. The van der Waals surface area contributed by atoms with Gasteiger partial charge < -0.3 is 14.2 Å². The number of carbonyl (C=O) groups excluding carboxylic acids is 3. The van der Waals surface area contributed by atoms with Crippen molar-refractivity contribution in [3.63, 3.8) is 0 Å². The quantitative estimate of drug-likeness (QED) is 0.463. The van der Waals surface area contributed by atoms with Crippen molar-refractivity contribution >= 4 is 33.7 Å². The smallest absolute Gasteiger partial charge is 0.417 e. The molecule has 0 spiro atoms. The van der Waals surface area contributed by atoms with Crippen LogP contribution in [-0.4, -0.2) is 63.2 Å². The van der Waals surface area contributed by atoms with E-state index in [0.717, 1.165) is 28.5 Å². The van der Waals surface area contributed by atoms with E-state index >= 15 is 0 Å². The van der Waals surface area contributed by atoms with Gasteiger partial charge in [-0.25, -0.2) is 18.1 Å². The highest BCUT2D eigenvalue weighted by molar-refractivity contribution is 7.92. The van der Waals surface area contributed by atoms with Gasteiger partial charge in [-0.15, -0.1) is 0 Å². The van der Waals surface area contributed by atoms with Crippen molar-refractivity contribution in [2.45, 2.75) is 49.2 Å². The van der Waals surface area contributed by atoms with Crippen LogP contribution in [0.3, 0.4) is 0 Å². The minimum Gasteiger partial charge on any atom is -0.484 e. The molecule has 2 heterocycles. The maximum atomic E-state index is 13.9. The van der Waals surface area contributed by atoms with E-state index in [1.165, 1.54) is 30.7 Å². The summed E-state index contributed by atoms with van der Waals surface area (Å²) in [6.07, 6.45) is 2.49. The molecule has 0 radical (unpaired) electrons. The topological polar surface area (TPSA) is 143 Å². The van der Waals surface area contributed by atoms with Gasteiger partial charge in [0, 0.05) is 0 Å². The Balaban J connectivity index is 1.28. The summed E-state index contributed by atoms with van der Waals surface area (Å²) >= 11 is 0. The molecule has 4 aliphatic rings. The summed E-state index contributed by atoms with van der Waals surface area (Å²) in [6.45, 7) is -0.811. The van der Waals surface area contributed by atoms with Crippen molar-refractivity contribution in [1.29, 1.82) is 5.26 Å². The number of carbonyl (C=O) groups is 3. The fourth-order valence-electron chi connectivity index (χ4n) is 6.11. The second-order valence-electron chi connectivity index (χ2n) is 10.7. The van der Waals surface area contributed by atoms with E-state index in [4.69, 9.17) is 14.2 Å². The van der Waals surface area contributed by atoms with E-state index in [-0.39, 0.29) is 60.1 Å².